The van der Waals surface area contributed by atoms with Gasteiger partial charge in [-0.05, 0) is 13.0 Å². The van der Waals surface area contributed by atoms with Gasteiger partial charge >= 0.3 is 6.03 Å². The molecule has 5 nitrogen and oxygen atoms in total. The van der Waals surface area contributed by atoms with Crippen LogP contribution in [0.1, 0.15) is 31.4 Å². The van der Waals surface area contributed by atoms with Gasteiger partial charge in [0, 0.05) is 38.7 Å². The number of nitrogens with zero attached hydrogens (tertiary/aromatic N) is 1. The summed E-state index contributed by atoms with van der Waals surface area (Å²) < 4.78 is 32.2. The minimum atomic E-state index is -0.975. The van der Waals surface area contributed by atoms with Crippen LogP contribution >= 0.6 is 0 Å². The number of carbonyl (C=O) groups is 1. The molecule has 2 N–H and O–H groups in total. The number of hydrogen-bond acceptors (Lipinski definition) is 3. The lowest BCUT2D eigenvalue weighted by molar-refractivity contribution is -0.0723. The summed E-state index contributed by atoms with van der Waals surface area (Å²) in [6, 6.07) is 2.70. The second-order valence-corrected chi connectivity index (χ2v) is 6.01. The minimum absolute atomic E-state index is 0.0801. The molecule has 1 saturated heterocycles. The predicted molar refractivity (Wildman–Crippen MR) is 80.9 cm³/mol. The van der Waals surface area contributed by atoms with Gasteiger partial charge in [-0.2, -0.15) is 0 Å². The second-order valence-electron chi connectivity index (χ2n) is 6.01. The van der Waals surface area contributed by atoms with E-state index in [9.17, 15) is 18.7 Å². The number of benzene rings is 1. The van der Waals surface area contributed by atoms with E-state index < -0.39 is 29.3 Å². The highest BCUT2D eigenvalue weighted by Crippen LogP contribution is 2.22. The topological polar surface area (TPSA) is 61.8 Å². The number of rotatable bonds is 4. The van der Waals surface area contributed by atoms with E-state index in [0.717, 1.165) is 6.07 Å². The first kappa shape index (κ1) is 17.6. The predicted octanol–water partition coefficient (Wildman–Crippen LogP) is 2.21. The third kappa shape index (κ3) is 4.39. The summed E-state index contributed by atoms with van der Waals surface area (Å²) >= 11 is 0. The van der Waals surface area contributed by atoms with Gasteiger partial charge in [-0.15, -0.1) is 0 Å². The van der Waals surface area contributed by atoms with Crippen molar-refractivity contribution in [2.75, 3.05) is 26.8 Å². The highest BCUT2D eigenvalue weighted by Gasteiger charge is 2.32. The van der Waals surface area contributed by atoms with E-state index in [4.69, 9.17) is 4.74 Å². The molecule has 1 aromatic rings. The Labute approximate surface area is 134 Å². The van der Waals surface area contributed by atoms with Crippen LogP contribution in [0.3, 0.4) is 0 Å². The number of aliphatic hydroxyl groups is 1. The molecule has 1 heterocycles. The Kier molecular flexibility index (Phi) is 5.54. The zero-order valence-electron chi connectivity index (χ0n) is 13.3. The molecule has 23 heavy (non-hydrogen) atoms. The van der Waals surface area contributed by atoms with Crippen LogP contribution in [-0.4, -0.2) is 48.4 Å². The van der Waals surface area contributed by atoms with Gasteiger partial charge in [0.05, 0.1) is 18.2 Å². The number of carbonyl (C=O) groups excluding carboxylic acids is 1. The summed E-state index contributed by atoms with van der Waals surface area (Å²) in [6.45, 7) is 2.64. The quantitative estimate of drug-likeness (QED) is 0.891. The molecule has 0 aliphatic carbocycles. The normalized spacial score (nSPS) is 18.3. The average Bonchev–Trinajstić information content (AvgIpc) is 2.50. The SMILES string of the molecule is C[C@@H](NC(=O)N(C)CC1(O)CCOCC1)c1cccc(F)c1F. The maximum atomic E-state index is 13.7. The maximum Gasteiger partial charge on any atom is 0.317 e. The summed E-state index contributed by atoms with van der Waals surface area (Å²) in [6.07, 6.45) is 0.914. The van der Waals surface area contributed by atoms with Gasteiger partial charge in [-0.1, -0.05) is 12.1 Å². The number of ether oxygens (including phenoxy) is 1. The summed E-state index contributed by atoms with van der Waals surface area (Å²) in [5, 5.41) is 13.0. The first-order valence-corrected chi connectivity index (χ1v) is 7.58. The van der Waals surface area contributed by atoms with Crippen molar-refractivity contribution in [2.45, 2.75) is 31.4 Å². The monoisotopic (exact) mass is 328 g/mol. The van der Waals surface area contributed by atoms with E-state index in [2.05, 4.69) is 5.32 Å². The third-order valence-electron chi connectivity index (χ3n) is 4.09. The molecule has 0 bridgehead atoms. The molecule has 7 heteroatoms. The van der Waals surface area contributed by atoms with Crippen LogP contribution in [0, 0.1) is 11.6 Å². The molecule has 0 aromatic heterocycles. The number of hydrogen-bond donors (Lipinski definition) is 2. The van der Waals surface area contributed by atoms with Gasteiger partial charge in [-0.25, -0.2) is 13.6 Å². The van der Waals surface area contributed by atoms with Crippen molar-refractivity contribution in [2.24, 2.45) is 0 Å². The van der Waals surface area contributed by atoms with E-state index in [1.165, 1.54) is 17.0 Å². The number of urea groups is 1. The molecule has 1 atom stereocenters. The lowest BCUT2D eigenvalue weighted by Crippen LogP contribution is -2.50. The fourth-order valence-corrected chi connectivity index (χ4v) is 2.65. The Hall–Kier alpha value is -1.73. The maximum absolute atomic E-state index is 13.7. The number of halogens is 2. The van der Waals surface area contributed by atoms with Crippen LogP contribution in [0.25, 0.3) is 0 Å². The van der Waals surface area contributed by atoms with Gasteiger partial charge in [0.2, 0.25) is 0 Å². The van der Waals surface area contributed by atoms with E-state index in [1.54, 1.807) is 14.0 Å². The molecule has 0 unspecified atom stereocenters. The minimum Gasteiger partial charge on any atom is -0.388 e. The number of nitrogens with one attached hydrogen (secondary N) is 1. The number of likely N-dealkylation sites (N-methyl/N-ethyl adjacent to an activating group) is 1. The van der Waals surface area contributed by atoms with Crippen molar-refractivity contribution < 1.29 is 23.4 Å². The lowest BCUT2D eigenvalue weighted by atomic mass is 9.94. The molecule has 2 rings (SSSR count). The van der Waals surface area contributed by atoms with Crippen LogP contribution in [0.5, 0.6) is 0 Å². The van der Waals surface area contributed by atoms with E-state index in [0.29, 0.717) is 26.1 Å². The van der Waals surface area contributed by atoms with Gasteiger partial charge in [0.15, 0.2) is 11.6 Å². The van der Waals surface area contributed by atoms with E-state index in [1.807, 2.05) is 0 Å². The van der Waals surface area contributed by atoms with Gasteiger partial charge < -0.3 is 20.1 Å². The first-order valence-electron chi connectivity index (χ1n) is 7.58. The Balaban J connectivity index is 1.96. The standard InChI is InChI=1S/C16H22F2N2O3/c1-11(12-4-3-5-13(17)14(12)18)19-15(21)20(2)10-16(22)6-8-23-9-7-16/h3-5,11,22H,6-10H2,1-2H3,(H,19,21)/t11-/m1/s1. The van der Waals surface area contributed by atoms with Crippen LogP contribution in [-0.2, 0) is 4.74 Å². The van der Waals surface area contributed by atoms with Crippen molar-refractivity contribution >= 4 is 6.03 Å². The Morgan fingerprint density at radius 1 is 1.43 bits per heavy atom. The molecular formula is C16H22F2N2O3. The molecule has 1 aliphatic rings. The van der Waals surface area contributed by atoms with Gasteiger partial charge in [-0.3, -0.25) is 0 Å². The molecule has 0 radical (unpaired) electrons. The molecule has 1 aromatic carbocycles. The highest BCUT2D eigenvalue weighted by atomic mass is 19.2. The smallest absolute Gasteiger partial charge is 0.317 e. The first-order chi connectivity index (χ1) is 10.8. The fourth-order valence-electron chi connectivity index (χ4n) is 2.65. The van der Waals surface area contributed by atoms with E-state index >= 15 is 0 Å². The van der Waals surface area contributed by atoms with Crippen molar-refractivity contribution in [3.05, 3.63) is 35.4 Å². The average molecular weight is 328 g/mol. The van der Waals surface area contributed by atoms with Crippen LogP contribution in [0.4, 0.5) is 13.6 Å². The lowest BCUT2D eigenvalue weighted by Gasteiger charge is -2.35. The van der Waals surface area contributed by atoms with Gasteiger partial charge in [0.1, 0.15) is 0 Å². The second kappa shape index (κ2) is 7.23. The molecule has 128 valence electrons. The zero-order chi connectivity index (χ0) is 17.0. The Morgan fingerprint density at radius 3 is 2.74 bits per heavy atom. The van der Waals surface area contributed by atoms with Crippen LogP contribution in [0.15, 0.2) is 18.2 Å². The zero-order valence-corrected chi connectivity index (χ0v) is 13.3. The molecule has 1 aliphatic heterocycles. The number of amides is 2. The summed E-state index contributed by atoms with van der Waals surface area (Å²) in [7, 11) is 1.55. The highest BCUT2D eigenvalue weighted by molar-refractivity contribution is 5.74. The molecular weight excluding hydrogens is 306 g/mol. The molecule has 0 saturated carbocycles. The Bertz CT molecular complexity index is 562. The van der Waals surface area contributed by atoms with Crippen LogP contribution in [0.2, 0.25) is 0 Å². The van der Waals surface area contributed by atoms with Crippen molar-refractivity contribution in [3.8, 4) is 0 Å². The fraction of sp³-hybridized carbons (Fsp3) is 0.562. The molecule has 2 amide bonds. The van der Waals surface area contributed by atoms with Crippen molar-refractivity contribution in [3.63, 3.8) is 0 Å². The van der Waals surface area contributed by atoms with E-state index in [-0.39, 0.29) is 12.1 Å². The molecule has 0 spiro atoms. The van der Waals surface area contributed by atoms with Gasteiger partial charge in [0.25, 0.3) is 0 Å². The van der Waals surface area contributed by atoms with Crippen molar-refractivity contribution in [1.82, 2.24) is 10.2 Å². The molecule has 1 fully saturated rings. The summed E-state index contributed by atoms with van der Waals surface area (Å²) in [5.74, 6) is -1.92. The summed E-state index contributed by atoms with van der Waals surface area (Å²) in [4.78, 5) is 13.5. The summed E-state index contributed by atoms with van der Waals surface area (Å²) in [5.41, 5.74) is -0.894. The van der Waals surface area contributed by atoms with Crippen LogP contribution < -0.4 is 5.32 Å². The Morgan fingerprint density at radius 2 is 2.09 bits per heavy atom. The van der Waals surface area contributed by atoms with Crippen molar-refractivity contribution in [1.29, 1.82) is 0 Å². The third-order valence-corrected chi connectivity index (χ3v) is 4.09. The largest absolute Gasteiger partial charge is 0.388 e.